The number of alkyl halides is 1. The summed E-state index contributed by atoms with van der Waals surface area (Å²) < 4.78 is 11.3. The van der Waals surface area contributed by atoms with E-state index in [4.69, 9.17) is 21.1 Å². The molecule has 2 atom stereocenters. The van der Waals surface area contributed by atoms with Gasteiger partial charge < -0.3 is 9.47 Å². The summed E-state index contributed by atoms with van der Waals surface area (Å²) in [7, 11) is 0. The SMILES string of the molecule is Cc1cc(C)c(C2OCC(CCl)O2)cc1C. The normalized spacial score (nSPS) is 25.0. The van der Waals surface area contributed by atoms with Crippen LogP contribution in [0.4, 0.5) is 0 Å². The molecule has 1 aliphatic rings. The molecule has 0 radical (unpaired) electrons. The molecule has 2 rings (SSSR count). The number of benzene rings is 1. The molecule has 0 bridgehead atoms. The summed E-state index contributed by atoms with van der Waals surface area (Å²) in [5.74, 6) is 0.486. The molecule has 0 saturated carbocycles. The first kappa shape index (κ1) is 11.9. The van der Waals surface area contributed by atoms with E-state index in [1.54, 1.807) is 0 Å². The largest absolute Gasteiger partial charge is 0.346 e. The van der Waals surface area contributed by atoms with Crippen LogP contribution in [0.2, 0.25) is 0 Å². The summed E-state index contributed by atoms with van der Waals surface area (Å²) in [6.07, 6.45) is -0.226. The van der Waals surface area contributed by atoms with E-state index in [-0.39, 0.29) is 12.4 Å². The molecule has 88 valence electrons. The maximum absolute atomic E-state index is 5.75. The van der Waals surface area contributed by atoms with E-state index in [1.807, 2.05) is 0 Å². The number of hydrogen-bond donors (Lipinski definition) is 0. The number of hydrogen-bond acceptors (Lipinski definition) is 2. The van der Waals surface area contributed by atoms with Crippen LogP contribution in [0.25, 0.3) is 0 Å². The van der Waals surface area contributed by atoms with Crippen LogP contribution in [-0.2, 0) is 9.47 Å². The summed E-state index contributed by atoms with van der Waals surface area (Å²) >= 11 is 5.75. The minimum atomic E-state index is -0.247. The molecular formula is C13H17ClO2. The summed E-state index contributed by atoms with van der Waals surface area (Å²) in [6, 6.07) is 4.32. The van der Waals surface area contributed by atoms with Gasteiger partial charge in [-0.3, -0.25) is 0 Å². The van der Waals surface area contributed by atoms with E-state index in [1.165, 1.54) is 16.7 Å². The topological polar surface area (TPSA) is 18.5 Å². The Morgan fingerprint density at radius 1 is 1.19 bits per heavy atom. The lowest BCUT2D eigenvalue weighted by Crippen LogP contribution is -2.11. The van der Waals surface area contributed by atoms with Crippen molar-refractivity contribution in [3.63, 3.8) is 0 Å². The molecule has 1 fully saturated rings. The second-order valence-electron chi connectivity index (χ2n) is 4.37. The highest BCUT2D eigenvalue weighted by molar-refractivity contribution is 6.18. The maximum Gasteiger partial charge on any atom is 0.184 e. The standard InChI is InChI=1S/C13H17ClO2/c1-8-4-10(3)12(5-9(8)2)13-15-7-11(6-14)16-13/h4-5,11,13H,6-7H2,1-3H3. The first-order valence-electron chi connectivity index (χ1n) is 5.52. The Bertz CT molecular complexity index is 390. The molecule has 1 aromatic rings. The lowest BCUT2D eigenvalue weighted by Gasteiger charge is -2.15. The van der Waals surface area contributed by atoms with Gasteiger partial charge in [0.05, 0.1) is 18.6 Å². The van der Waals surface area contributed by atoms with Gasteiger partial charge in [-0.15, -0.1) is 11.6 Å². The van der Waals surface area contributed by atoms with E-state index in [0.717, 1.165) is 5.56 Å². The Hall–Kier alpha value is -0.570. The van der Waals surface area contributed by atoms with Crippen molar-refractivity contribution in [2.45, 2.75) is 33.2 Å². The molecule has 1 aromatic carbocycles. The molecule has 1 saturated heterocycles. The lowest BCUT2D eigenvalue weighted by atomic mass is 10.0. The first-order valence-corrected chi connectivity index (χ1v) is 6.06. The Balaban J connectivity index is 2.24. The lowest BCUT2D eigenvalue weighted by molar-refractivity contribution is -0.0571. The molecule has 1 heterocycles. The predicted molar refractivity (Wildman–Crippen MR) is 64.9 cm³/mol. The van der Waals surface area contributed by atoms with Gasteiger partial charge in [-0.05, 0) is 37.5 Å². The Labute approximate surface area is 102 Å². The summed E-state index contributed by atoms with van der Waals surface area (Å²) in [4.78, 5) is 0. The zero-order valence-corrected chi connectivity index (χ0v) is 10.7. The predicted octanol–water partition coefficient (Wildman–Crippen LogP) is 3.26. The maximum atomic E-state index is 5.75. The van der Waals surface area contributed by atoms with Crippen LogP contribution in [0.15, 0.2) is 12.1 Å². The second-order valence-corrected chi connectivity index (χ2v) is 4.68. The van der Waals surface area contributed by atoms with Crippen molar-refractivity contribution in [1.82, 2.24) is 0 Å². The van der Waals surface area contributed by atoms with Crippen molar-refractivity contribution in [3.8, 4) is 0 Å². The first-order chi connectivity index (χ1) is 7.61. The van der Waals surface area contributed by atoms with Gasteiger partial charge in [-0.2, -0.15) is 0 Å². The van der Waals surface area contributed by atoms with E-state index in [0.29, 0.717) is 12.5 Å². The van der Waals surface area contributed by atoms with Crippen molar-refractivity contribution in [3.05, 3.63) is 34.4 Å². The number of ether oxygens (including phenoxy) is 2. The molecule has 0 N–H and O–H groups in total. The molecule has 2 unspecified atom stereocenters. The average Bonchev–Trinajstić information content (AvgIpc) is 2.71. The van der Waals surface area contributed by atoms with Crippen LogP contribution >= 0.6 is 11.6 Å². The van der Waals surface area contributed by atoms with Crippen molar-refractivity contribution in [2.24, 2.45) is 0 Å². The average molecular weight is 241 g/mol. The molecule has 1 aliphatic heterocycles. The van der Waals surface area contributed by atoms with Gasteiger partial charge in [0.15, 0.2) is 6.29 Å². The Morgan fingerprint density at radius 2 is 1.88 bits per heavy atom. The van der Waals surface area contributed by atoms with E-state index in [2.05, 4.69) is 32.9 Å². The molecule has 0 aromatic heterocycles. The van der Waals surface area contributed by atoms with Crippen molar-refractivity contribution < 1.29 is 9.47 Å². The summed E-state index contributed by atoms with van der Waals surface area (Å²) in [5, 5.41) is 0. The highest BCUT2D eigenvalue weighted by Gasteiger charge is 2.27. The molecule has 2 nitrogen and oxygen atoms in total. The van der Waals surface area contributed by atoms with E-state index < -0.39 is 0 Å². The fraction of sp³-hybridized carbons (Fsp3) is 0.538. The third-order valence-corrected chi connectivity index (χ3v) is 3.40. The second kappa shape index (κ2) is 4.74. The van der Waals surface area contributed by atoms with Gasteiger partial charge in [0, 0.05) is 5.56 Å². The Morgan fingerprint density at radius 3 is 2.50 bits per heavy atom. The molecule has 16 heavy (non-hydrogen) atoms. The van der Waals surface area contributed by atoms with Crippen LogP contribution in [-0.4, -0.2) is 18.6 Å². The minimum Gasteiger partial charge on any atom is -0.346 e. The monoisotopic (exact) mass is 240 g/mol. The third kappa shape index (κ3) is 2.24. The smallest absolute Gasteiger partial charge is 0.184 e. The zero-order valence-electron chi connectivity index (χ0n) is 9.92. The number of rotatable bonds is 2. The van der Waals surface area contributed by atoms with E-state index in [9.17, 15) is 0 Å². The van der Waals surface area contributed by atoms with Gasteiger partial charge in [0.1, 0.15) is 0 Å². The fourth-order valence-electron chi connectivity index (χ4n) is 1.93. The van der Waals surface area contributed by atoms with Crippen molar-refractivity contribution in [1.29, 1.82) is 0 Å². The van der Waals surface area contributed by atoms with Gasteiger partial charge >= 0.3 is 0 Å². The van der Waals surface area contributed by atoms with Crippen LogP contribution in [0.5, 0.6) is 0 Å². The van der Waals surface area contributed by atoms with Crippen LogP contribution in [0, 0.1) is 20.8 Å². The molecule has 0 spiro atoms. The fourth-order valence-corrected chi connectivity index (χ4v) is 2.09. The van der Waals surface area contributed by atoms with Crippen LogP contribution < -0.4 is 0 Å². The molecular weight excluding hydrogens is 224 g/mol. The minimum absolute atomic E-state index is 0.0210. The van der Waals surface area contributed by atoms with E-state index >= 15 is 0 Å². The summed E-state index contributed by atoms with van der Waals surface area (Å²) in [5.41, 5.74) is 4.90. The van der Waals surface area contributed by atoms with Crippen LogP contribution in [0.3, 0.4) is 0 Å². The van der Waals surface area contributed by atoms with Gasteiger partial charge in [-0.1, -0.05) is 12.1 Å². The third-order valence-electron chi connectivity index (χ3n) is 3.06. The van der Waals surface area contributed by atoms with Crippen molar-refractivity contribution in [2.75, 3.05) is 12.5 Å². The highest BCUT2D eigenvalue weighted by Crippen LogP contribution is 2.31. The molecule has 0 amide bonds. The zero-order chi connectivity index (χ0) is 11.7. The van der Waals surface area contributed by atoms with Gasteiger partial charge in [0.25, 0.3) is 0 Å². The summed E-state index contributed by atoms with van der Waals surface area (Å²) in [6.45, 7) is 6.89. The number of halogens is 1. The number of aryl methyl sites for hydroxylation is 3. The molecule has 0 aliphatic carbocycles. The van der Waals surface area contributed by atoms with Crippen LogP contribution in [0.1, 0.15) is 28.5 Å². The quantitative estimate of drug-likeness (QED) is 0.739. The molecule has 3 heteroatoms. The van der Waals surface area contributed by atoms with Gasteiger partial charge in [-0.25, -0.2) is 0 Å². The van der Waals surface area contributed by atoms with Gasteiger partial charge in [0.2, 0.25) is 0 Å². The highest BCUT2D eigenvalue weighted by atomic mass is 35.5. The van der Waals surface area contributed by atoms with Crippen molar-refractivity contribution >= 4 is 11.6 Å². The Kier molecular flexibility index (Phi) is 3.53.